The first-order chi connectivity index (χ1) is 10.6. The van der Waals surface area contributed by atoms with E-state index < -0.39 is 5.97 Å². The third-order valence-electron chi connectivity index (χ3n) is 3.36. The highest BCUT2D eigenvalue weighted by Gasteiger charge is 2.06. The monoisotopic (exact) mass is 310 g/mol. The van der Waals surface area contributed by atoms with Crippen molar-refractivity contribution in [2.24, 2.45) is 5.10 Å². The maximum absolute atomic E-state index is 10.8. The summed E-state index contributed by atoms with van der Waals surface area (Å²) in [5, 5.41) is 16.5. The maximum atomic E-state index is 10.8. The first-order valence-electron chi connectivity index (χ1n) is 6.75. The normalized spacial score (nSPS) is 11.6. The summed E-state index contributed by atoms with van der Waals surface area (Å²) >= 11 is 1.70. The average molecular weight is 310 g/mol. The third kappa shape index (κ3) is 2.84. The molecule has 0 spiro atoms. The Balaban J connectivity index is 1.81. The fourth-order valence-electron chi connectivity index (χ4n) is 2.15. The van der Waals surface area contributed by atoms with E-state index in [0.29, 0.717) is 0 Å². The van der Waals surface area contributed by atoms with Gasteiger partial charge in [0.2, 0.25) is 0 Å². The summed E-state index contributed by atoms with van der Waals surface area (Å²) in [5.74, 6) is -0.934. The molecule has 0 aliphatic carbocycles. The molecule has 4 nitrogen and oxygen atoms in total. The van der Waals surface area contributed by atoms with E-state index in [9.17, 15) is 4.79 Å². The van der Waals surface area contributed by atoms with E-state index in [1.807, 2.05) is 19.1 Å². The summed E-state index contributed by atoms with van der Waals surface area (Å²) < 4.78 is 1.23. The minimum Gasteiger partial charge on any atom is -0.478 e. The number of fused-ring (bicyclic) bond motifs is 1. The lowest BCUT2D eigenvalue weighted by atomic mass is 10.1. The molecule has 1 heterocycles. The first kappa shape index (κ1) is 14.3. The molecule has 0 aliphatic rings. The molecule has 2 aromatic carbocycles. The van der Waals surface area contributed by atoms with Gasteiger partial charge in [-0.05, 0) is 37.3 Å². The van der Waals surface area contributed by atoms with Crippen LogP contribution in [-0.2, 0) is 0 Å². The quantitative estimate of drug-likeness (QED) is 0.553. The van der Waals surface area contributed by atoms with Crippen LogP contribution >= 0.6 is 11.3 Å². The van der Waals surface area contributed by atoms with Crippen molar-refractivity contribution in [1.29, 1.82) is 0 Å². The Kier molecular flexibility index (Phi) is 3.89. The molecule has 0 amide bonds. The van der Waals surface area contributed by atoms with Gasteiger partial charge in [0.25, 0.3) is 0 Å². The number of nitrogens with one attached hydrogen (secondary N) is 1. The fraction of sp³-hybridized carbons (Fsp3) is 0.0588. The Labute approximate surface area is 131 Å². The van der Waals surface area contributed by atoms with Gasteiger partial charge < -0.3 is 5.11 Å². The van der Waals surface area contributed by atoms with Gasteiger partial charge in [0, 0.05) is 21.0 Å². The number of anilines is 1. The van der Waals surface area contributed by atoms with Gasteiger partial charge in [-0.3, -0.25) is 5.43 Å². The number of nitrogens with zero attached hydrogens (tertiary/aromatic N) is 1. The number of aromatic carboxylic acids is 1. The Bertz CT molecular complexity index is 850. The molecule has 0 atom stereocenters. The van der Waals surface area contributed by atoms with Gasteiger partial charge in [-0.15, -0.1) is 11.3 Å². The molecule has 0 aliphatic heterocycles. The molecule has 3 rings (SSSR count). The number of carboxylic acids is 1. The molecule has 1 aromatic heterocycles. The van der Waals surface area contributed by atoms with Crippen molar-refractivity contribution in [2.45, 2.75) is 6.92 Å². The van der Waals surface area contributed by atoms with Crippen molar-refractivity contribution in [1.82, 2.24) is 0 Å². The topological polar surface area (TPSA) is 61.7 Å². The molecule has 0 radical (unpaired) electrons. The lowest BCUT2D eigenvalue weighted by Crippen LogP contribution is -2.00. The van der Waals surface area contributed by atoms with Crippen LogP contribution in [0.1, 0.15) is 22.8 Å². The van der Waals surface area contributed by atoms with Crippen LogP contribution < -0.4 is 5.43 Å². The second-order valence-electron chi connectivity index (χ2n) is 4.84. The average Bonchev–Trinajstić information content (AvgIpc) is 2.97. The number of hydrazone groups is 1. The molecule has 3 aromatic rings. The number of carboxylic acid groups (broad SMARTS) is 1. The fourth-order valence-corrected chi connectivity index (χ4v) is 3.16. The van der Waals surface area contributed by atoms with Crippen LogP contribution in [0.4, 0.5) is 5.69 Å². The number of benzene rings is 2. The second-order valence-corrected chi connectivity index (χ2v) is 5.75. The van der Waals surface area contributed by atoms with Crippen molar-refractivity contribution >= 4 is 38.8 Å². The molecule has 0 saturated heterocycles. The van der Waals surface area contributed by atoms with E-state index in [1.54, 1.807) is 35.6 Å². The lowest BCUT2D eigenvalue weighted by molar-refractivity contribution is 0.0697. The molecular weight excluding hydrogens is 296 g/mol. The highest BCUT2D eigenvalue weighted by Crippen LogP contribution is 2.26. The van der Waals surface area contributed by atoms with Gasteiger partial charge in [0.15, 0.2) is 0 Å². The van der Waals surface area contributed by atoms with Gasteiger partial charge in [-0.2, -0.15) is 5.10 Å². The van der Waals surface area contributed by atoms with Gasteiger partial charge in [-0.25, -0.2) is 4.79 Å². The van der Waals surface area contributed by atoms with E-state index in [2.05, 4.69) is 28.0 Å². The van der Waals surface area contributed by atoms with Crippen molar-refractivity contribution in [3.8, 4) is 0 Å². The third-order valence-corrected chi connectivity index (χ3v) is 4.32. The standard InChI is InChI=1S/C17H14N2O2S/c1-11(15-10-22-16-5-3-2-4-14(15)16)18-19-13-8-6-12(7-9-13)17(20)21/h2-10,19H,1H3,(H,20,21). The highest BCUT2D eigenvalue weighted by atomic mass is 32.1. The van der Waals surface area contributed by atoms with Gasteiger partial charge in [0.05, 0.1) is 17.0 Å². The number of hydrogen-bond donors (Lipinski definition) is 2. The summed E-state index contributed by atoms with van der Waals surface area (Å²) in [6.45, 7) is 1.95. The summed E-state index contributed by atoms with van der Waals surface area (Å²) in [7, 11) is 0. The molecule has 0 unspecified atom stereocenters. The lowest BCUT2D eigenvalue weighted by Gasteiger charge is -2.03. The summed E-state index contributed by atoms with van der Waals surface area (Å²) in [4.78, 5) is 10.8. The van der Waals surface area contributed by atoms with E-state index >= 15 is 0 Å². The smallest absolute Gasteiger partial charge is 0.335 e. The van der Waals surface area contributed by atoms with E-state index in [0.717, 1.165) is 17.0 Å². The molecule has 0 fully saturated rings. The number of carbonyl (C=O) groups is 1. The zero-order valence-electron chi connectivity index (χ0n) is 11.9. The van der Waals surface area contributed by atoms with E-state index in [-0.39, 0.29) is 5.56 Å². The minimum absolute atomic E-state index is 0.259. The molecule has 5 heteroatoms. The Hall–Kier alpha value is -2.66. The molecule has 0 saturated carbocycles. The van der Waals surface area contributed by atoms with Crippen LogP contribution in [0, 0.1) is 0 Å². The molecule has 0 bridgehead atoms. The van der Waals surface area contributed by atoms with Crippen LogP contribution in [0.2, 0.25) is 0 Å². The second kappa shape index (κ2) is 5.99. The summed E-state index contributed by atoms with van der Waals surface area (Å²) in [6.07, 6.45) is 0. The first-order valence-corrected chi connectivity index (χ1v) is 7.63. The zero-order chi connectivity index (χ0) is 15.5. The van der Waals surface area contributed by atoms with Crippen LogP contribution in [-0.4, -0.2) is 16.8 Å². The predicted molar refractivity (Wildman–Crippen MR) is 91.1 cm³/mol. The largest absolute Gasteiger partial charge is 0.478 e. The zero-order valence-corrected chi connectivity index (χ0v) is 12.7. The van der Waals surface area contributed by atoms with E-state index in [4.69, 9.17) is 5.11 Å². The van der Waals surface area contributed by atoms with Gasteiger partial charge in [0.1, 0.15) is 0 Å². The number of thiophene rings is 1. The van der Waals surface area contributed by atoms with Crippen molar-refractivity contribution in [3.05, 3.63) is 65.0 Å². The van der Waals surface area contributed by atoms with Gasteiger partial charge >= 0.3 is 5.97 Å². The van der Waals surface area contributed by atoms with Crippen molar-refractivity contribution < 1.29 is 9.90 Å². The maximum Gasteiger partial charge on any atom is 0.335 e. The highest BCUT2D eigenvalue weighted by molar-refractivity contribution is 7.17. The Morgan fingerprint density at radius 2 is 1.86 bits per heavy atom. The van der Waals surface area contributed by atoms with Crippen LogP contribution in [0.3, 0.4) is 0 Å². The number of hydrogen-bond acceptors (Lipinski definition) is 4. The summed E-state index contributed by atoms with van der Waals surface area (Å²) in [5.41, 5.74) is 5.97. The van der Waals surface area contributed by atoms with Crippen molar-refractivity contribution in [2.75, 3.05) is 5.43 Å². The van der Waals surface area contributed by atoms with Crippen LogP contribution in [0.25, 0.3) is 10.1 Å². The Morgan fingerprint density at radius 3 is 2.59 bits per heavy atom. The van der Waals surface area contributed by atoms with Crippen LogP contribution in [0.15, 0.2) is 59.0 Å². The van der Waals surface area contributed by atoms with Crippen molar-refractivity contribution in [3.63, 3.8) is 0 Å². The molecule has 2 N–H and O–H groups in total. The SMILES string of the molecule is CC(=NNc1ccc(C(=O)O)cc1)c1csc2ccccc12. The predicted octanol–water partition coefficient (Wildman–Crippen LogP) is 4.44. The van der Waals surface area contributed by atoms with Crippen LogP contribution in [0.5, 0.6) is 0 Å². The number of rotatable bonds is 4. The summed E-state index contributed by atoms with van der Waals surface area (Å²) in [6, 6.07) is 14.7. The Morgan fingerprint density at radius 1 is 1.14 bits per heavy atom. The van der Waals surface area contributed by atoms with Gasteiger partial charge in [-0.1, -0.05) is 18.2 Å². The molecular formula is C17H14N2O2S. The molecule has 22 heavy (non-hydrogen) atoms. The molecule has 110 valence electrons. The van der Waals surface area contributed by atoms with E-state index in [1.165, 1.54) is 10.1 Å². The minimum atomic E-state index is -0.934.